The molecule has 2 aliphatic heterocycles. The van der Waals surface area contributed by atoms with Crippen LogP contribution in [-0.4, -0.2) is 67.0 Å². The maximum absolute atomic E-state index is 12.6. The van der Waals surface area contributed by atoms with Gasteiger partial charge < -0.3 is 15.0 Å². The molecule has 142 valence electrons. The number of morpholine rings is 1. The second-order valence-electron chi connectivity index (χ2n) is 6.92. The molecule has 26 heavy (non-hydrogen) atoms. The molecule has 1 aromatic carbocycles. The molecule has 1 atom stereocenters. The van der Waals surface area contributed by atoms with Crippen LogP contribution in [-0.2, 0) is 14.3 Å². The SMILES string of the molecule is CC(C(=O)Nc1cccc(Br)c1)N1CCC(C(=O)N2CCOCC2)CC1. The Morgan fingerprint density at radius 1 is 1.19 bits per heavy atom. The summed E-state index contributed by atoms with van der Waals surface area (Å²) >= 11 is 3.41. The summed E-state index contributed by atoms with van der Waals surface area (Å²) in [7, 11) is 0. The Labute approximate surface area is 163 Å². The van der Waals surface area contributed by atoms with Gasteiger partial charge in [-0.25, -0.2) is 0 Å². The lowest BCUT2D eigenvalue weighted by Gasteiger charge is -2.37. The highest BCUT2D eigenvalue weighted by molar-refractivity contribution is 9.10. The largest absolute Gasteiger partial charge is 0.378 e. The third kappa shape index (κ3) is 4.84. The van der Waals surface area contributed by atoms with Crippen molar-refractivity contribution < 1.29 is 14.3 Å². The molecule has 0 spiro atoms. The quantitative estimate of drug-likeness (QED) is 0.806. The number of ether oxygens (including phenoxy) is 1. The number of amides is 2. The molecule has 0 aromatic heterocycles. The van der Waals surface area contributed by atoms with Crippen molar-refractivity contribution in [1.29, 1.82) is 0 Å². The number of halogens is 1. The molecule has 3 rings (SSSR count). The lowest BCUT2D eigenvalue weighted by molar-refractivity contribution is -0.141. The summed E-state index contributed by atoms with van der Waals surface area (Å²) in [6, 6.07) is 7.37. The number of piperidine rings is 1. The Balaban J connectivity index is 1.49. The first-order valence-electron chi connectivity index (χ1n) is 9.21. The molecule has 2 saturated heterocycles. The molecule has 7 heteroatoms. The van der Waals surface area contributed by atoms with Crippen LogP contribution in [0.1, 0.15) is 19.8 Å². The van der Waals surface area contributed by atoms with Gasteiger partial charge in [0.2, 0.25) is 11.8 Å². The zero-order valence-corrected chi connectivity index (χ0v) is 16.7. The van der Waals surface area contributed by atoms with Gasteiger partial charge in [0.15, 0.2) is 0 Å². The Morgan fingerprint density at radius 3 is 2.54 bits per heavy atom. The van der Waals surface area contributed by atoms with E-state index in [-0.39, 0.29) is 23.8 Å². The molecule has 2 aliphatic rings. The number of carbonyl (C=O) groups is 2. The van der Waals surface area contributed by atoms with E-state index in [1.54, 1.807) is 0 Å². The van der Waals surface area contributed by atoms with Gasteiger partial charge in [-0.15, -0.1) is 0 Å². The van der Waals surface area contributed by atoms with Gasteiger partial charge in [0.1, 0.15) is 0 Å². The Kier molecular flexibility index (Phi) is 6.67. The van der Waals surface area contributed by atoms with Crippen molar-refractivity contribution in [2.24, 2.45) is 5.92 Å². The van der Waals surface area contributed by atoms with Gasteiger partial charge in [-0.2, -0.15) is 0 Å². The number of hydrogen-bond acceptors (Lipinski definition) is 4. The van der Waals surface area contributed by atoms with E-state index < -0.39 is 0 Å². The topological polar surface area (TPSA) is 61.9 Å². The van der Waals surface area contributed by atoms with Gasteiger partial charge in [0.25, 0.3) is 0 Å². The van der Waals surface area contributed by atoms with Crippen molar-refractivity contribution in [3.8, 4) is 0 Å². The number of carbonyl (C=O) groups excluding carboxylic acids is 2. The summed E-state index contributed by atoms with van der Waals surface area (Å²) in [4.78, 5) is 29.2. The normalized spacial score (nSPS) is 20.6. The van der Waals surface area contributed by atoms with Gasteiger partial charge in [-0.1, -0.05) is 22.0 Å². The molecule has 2 amide bonds. The molecule has 1 unspecified atom stereocenters. The number of rotatable bonds is 4. The molecule has 2 fully saturated rings. The number of anilines is 1. The van der Waals surface area contributed by atoms with E-state index in [4.69, 9.17) is 4.74 Å². The fourth-order valence-corrected chi connectivity index (χ4v) is 3.95. The molecule has 0 aliphatic carbocycles. The van der Waals surface area contributed by atoms with E-state index in [9.17, 15) is 9.59 Å². The fraction of sp³-hybridized carbons (Fsp3) is 0.579. The van der Waals surface area contributed by atoms with Crippen LogP contribution in [0.2, 0.25) is 0 Å². The van der Waals surface area contributed by atoms with Crippen LogP contribution >= 0.6 is 15.9 Å². The maximum Gasteiger partial charge on any atom is 0.241 e. The van der Waals surface area contributed by atoms with Gasteiger partial charge in [0.05, 0.1) is 19.3 Å². The highest BCUT2D eigenvalue weighted by Gasteiger charge is 2.32. The van der Waals surface area contributed by atoms with Gasteiger partial charge >= 0.3 is 0 Å². The van der Waals surface area contributed by atoms with E-state index in [0.717, 1.165) is 36.1 Å². The molecule has 0 radical (unpaired) electrons. The standard InChI is InChI=1S/C19H26BrN3O3/c1-14(18(24)21-17-4-2-3-16(20)13-17)22-7-5-15(6-8-22)19(25)23-9-11-26-12-10-23/h2-4,13-15H,5-12H2,1H3,(H,21,24). The van der Waals surface area contributed by atoms with Crippen molar-refractivity contribution in [3.63, 3.8) is 0 Å². The first-order chi connectivity index (χ1) is 12.5. The van der Waals surface area contributed by atoms with Crippen LogP contribution in [0.4, 0.5) is 5.69 Å². The third-order valence-electron chi connectivity index (χ3n) is 5.22. The number of likely N-dealkylation sites (tertiary alicyclic amines) is 1. The van der Waals surface area contributed by atoms with Crippen molar-refractivity contribution in [1.82, 2.24) is 9.80 Å². The zero-order valence-electron chi connectivity index (χ0n) is 15.1. The smallest absolute Gasteiger partial charge is 0.241 e. The fourth-order valence-electron chi connectivity index (χ4n) is 3.55. The van der Waals surface area contributed by atoms with Crippen LogP contribution in [0, 0.1) is 5.92 Å². The summed E-state index contributed by atoms with van der Waals surface area (Å²) in [6.07, 6.45) is 1.62. The van der Waals surface area contributed by atoms with Crippen LogP contribution in [0.25, 0.3) is 0 Å². The Morgan fingerprint density at radius 2 is 1.88 bits per heavy atom. The molecule has 0 saturated carbocycles. The zero-order chi connectivity index (χ0) is 18.5. The lowest BCUT2D eigenvalue weighted by atomic mass is 9.94. The Hall–Kier alpha value is -1.44. The monoisotopic (exact) mass is 423 g/mol. The van der Waals surface area contributed by atoms with E-state index in [0.29, 0.717) is 26.3 Å². The van der Waals surface area contributed by atoms with E-state index in [1.165, 1.54) is 0 Å². The first kappa shape index (κ1) is 19.3. The second kappa shape index (κ2) is 8.97. The molecular weight excluding hydrogens is 398 g/mol. The minimum absolute atomic E-state index is 0.0129. The van der Waals surface area contributed by atoms with Crippen LogP contribution in [0.5, 0.6) is 0 Å². The summed E-state index contributed by atoms with van der Waals surface area (Å²) in [5.74, 6) is 0.310. The van der Waals surface area contributed by atoms with E-state index in [2.05, 4.69) is 26.1 Å². The summed E-state index contributed by atoms with van der Waals surface area (Å²) in [6.45, 7) is 6.14. The average Bonchev–Trinajstić information content (AvgIpc) is 2.67. The minimum atomic E-state index is -0.214. The first-order valence-corrected chi connectivity index (χ1v) is 10.0. The van der Waals surface area contributed by atoms with Crippen LogP contribution < -0.4 is 5.32 Å². The third-order valence-corrected chi connectivity index (χ3v) is 5.71. The van der Waals surface area contributed by atoms with Crippen molar-refractivity contribution in [2.75, 3.05) is 44.7 Å². The van der Waals surface area contributed by atoms with Crippen LogP contribution in [0.15, 0.2) is 28.7 Å². The molecule has 2 heterocycles. The van der Waals surface area contributed by atoms with Crippen molar-refractivity contribution in [2.45, 2.75) is 25.8 Å². The second-order valence-corrected chi connectivity index (χ2v) is 7.84. The van der Waals surface area contributed by atoms with Crippen molar-refractivity contribution in [3.05, 3.63) is 28.7 Å². The molecule has 0 bridgehead atoms. The number of benzene rings is 1. The highest BCUT2D eigenvalue weighted by Crippen LogP contribution is 2.23. The molecular formula is C19H26BrN3O3. The predicted molar refractivity (Wildman–Crippen MR) is 104 cm³/mol. The predicted octanol–water partition coefficient (Wildman–Crippen LogP) is 2.35. The lowest BCUT2D eigenvalue weighted by Crippen LogP contribution is -2.50. The van der Waals surface area contributed by atoms with Gasteiger partial charge in [0, 0.05) is 29.2 Å². The van der Waals surface area contributed by atoms with E-state index in [1.807, 2.05) is 36.1 Å². The van der Waals surface area contributed by atoms with Crippen molar-refractivity contribution >= 4 is 33.4 Å². The van der Waals surface area contributed by atoms with Gasteiger partial charge in [-0.3, -0.25) is 14.5 Å². The maximum atomic E-state index is 12.6. The summed E-state index contributed by atoms with van der Waals surface area (Å²) < 4.78 is 6.25. The van der Waals surface area contributed by atoms with E-state index >= 15 is 0 Å². The minimum Gasteiger partial charge on any atom is -0.378 e. The van der Waals surface area contributed by atoms with Gasteiger partial charge in [-0.05, 0) is 51.1 Å². The number of hydrogen-bond donors (Lipinski definition) is 1. The molecule has 6 nitrogen and oxygen atoms in total. The summed E-state index contributed by atoms with van der Waals surface area (Å²) in [5.41, 5.74) is 0.786. The number of nitrogens with zero attached hydrogens (tertiary/aromatic N) is 2. The number of nitrogens with one attached hydrogen (secondary N) is 1. The molecule has 1 aromatic rings. The molecule has 1 N–H and O–H groups in total. The summed E-state index contributed by atoms with van der Waals surface area (Å²) in [5, 5.41) is 2.97. The average molecular weight is 424 g/mol. The Bertz CT molecular complexity index is 641. The van der Waals surface area contributed by atoms with Crippen LogP contribution in [0.3, 0.4) is 0 Å². The highest BCUT2D eigenvalue weighted by atomic mass is 79.9.